The molecule has 0 spiro atoms. The molecule has 0 atom stereocenters. The van der Waals surface area contributed by atoms with E-state index in [0.717, 1.165) is 16.8 Å². The van der Waals surface area contributed by atoms with Gasteiger partial charge in [-0.05, 0) is 51.0 Å². The molecule has 7 nitrogen and oxygen atoms in total. The zero-order chi connectivity index (χ0) is 18.8. The Kier molecular flexibility index (Phi) is 5.45. The number of ether oxygens (including phenoxy) is 1. The third-order valence-corrected chi connectivity index (χ3v) is 4.12. The predicted molar refractivity (Wildman–Crippen MR) is 97.0 cm³/mol. The lowest BCUT2D eigenvalue weighted by molar-refractivity contribution is -0.136. The van der Waals surface area contributed by atoms with Crippen molar-refractivity contribution >= 4 is 23.4 Å². The number of hydrogen-bond acceptors (Lipinski definition) is 5. The number of benzene rings is 1. The summed E-state index contributed by atoms with van der Waals surface area (Å²) in [6.07, 6.45) is -0.357. The predicted octanol–water partition coefficient (Wildman–Crippen LogP) is 2.26. The number of carboxylic acid groups (broad SMARTS) is 1. The van der Waals surface area contributed by atoms with Crippen LogP contribution in [0.4, 0.5) is 16.2 Å². The molecule has 1 heterocycles. The van der Waals surface area contributed by atoms with E-state index in [4.69, 9.17) is 15.6 Å². The Labute approximate surface area is 148 Å². The molecule has 0 aliphatic carbocycles. The van der Waals surface area contributed by atoms with Crippen molar-refractivity contribution in [2.75, 3.05) is 36.8 Å². The highest BCUT2D eigenvalue weighted by atomic mass is 16.6. The van der Waals surface area contributed by atoms with Crippen molar-refractivity contribution in [1.82, 2.24) is 4.90 Å². The Morgan fingerprint density at radius 2 is 1.80 bits per heavy atom. The fraction of sp³-hybridized carbons (Fsp3) is 0.556. The molecule has 3 N–H and O–H groups in total. The van der Waals surface area contributed by atoms with Crippen molar-refractivity contribution in [2.24, 2.45) is 0 Å². The maximum atomic E-state index is 12.2. The Morgan fingerprint density at radius 1 is 1.20 bits per heavy atom. The van der Waals surface area contributed by atoms with E-state index < -0.39 is 11.6 Å². The molecule has 0 unspecified atom stereocenters. The average Bonchev–Trinajstić information content (AvgIpc) is 2.48. The third-order valence-electron chi connectivity index (χ3n) is 4.12. The van der Waals surface area contributed by atoms with Crippen molar-refractivity contribution in [3.63, 3.8) is 0 Å². The molecular weight excluding hydrogens is 322 g/mol. The van der Waals surface area contributed by atoms with Crippen molar-refractivity contribution in [3.8, 4) is 0 Å². The molecule has 1 amide bonds. The molecule has 0 aromatic heterocycles. The van der Waals surface area contributed by atoms with Gasteiger partial charge in [0.15, 0.2) is 0 Å². The number of rotatable bonds is 3. The SMILES string of the molecule is Cc1c(CC(=O)O)cc(N)cc1N1CCN(C(=O)OC(C)(C)C)CC1. The Hall–Kier alpha value is -2.44. The summed E-state index contributed by atoms with van der Waals surface area (Å²) < 4.78 is 5.41. The second-order valence-corrected chi connectivity index (χ2v) is 7.35. The number of carbonyl (C=O) groups is 2. The summed E-state index contributed by atoms with van der Waals surface area (Å²) in [6, 6.07) is 3.58. The first kappa shape index (κ1) is 18.9. The average molecular weight is 349 g/mol. The molecule has 138 valence electrons. The summed E-state index contributed by atoms with van der Waals surface area (Å²) in [4.78, 5) is 27.0. The first-order chi connectivity index (χ1) is 11.6. The minimum Gasteiger partial charge on any atom is -0.481 e. The van der Waals surface area contributed by atoms with Crippen molar-refractivity contribution < 1.29 is 19.4 Å². The highest BCUT2D eigenvalue weighted by Gasteiger charge is 2.26. The maximum absolute atomic E-state index is 12.2. The van der Waals surface area contributed by atoms with Gasteiger partial charge < -0.3 is 25.4 Å². The largest absolute Gasteiger partial charge is 0.481 e. The van der Waals surface area contributed by atoms with Crippen LogP contribution in [0.3, 0.4) is 0 Å². The lowest BCUT2D eigenvalue weighted by Gasteiger charge is -2.37. The molecule has 1 saturated heterocycles. The molecule has 25 heavy (non-hydrogen) atoms. The summed E-state index contributed by atoms with van der Waals surface area (Å²) in [5.74, 6) is -0.880. The van der Waals surface area contributed by atoms with Crippen molar-refractivity contribution in [2.45, 2.75) is 39.7 Å². The zero-order valence-electron chi connectivity index (χ0n) is 15.3. The topological polar surface area (TPSA) is 96.1 Å². The number of nitrogens with two attached hydrogens (primary N) is 1. The highest BCUT2D eigenvalue weighted by molar-refractivity contribution is 5.74. The Balaban J connectivity index is 2.09. The number of carboxylic acids is 1. The molecular formula is C18H27N3O4. The lowest BCUT2D eigenvalue weighted by atomic mass is 10.0. The molecule has 1 fully saturated rings. The molecule has 1 aromatic rings. The number of hydrogen-bond donors (Lipinski definition) is 2. The van der Waals surface area contributed by atoms with Crippen LogP contribution in [0.25, 0.3) is 0 Å². The minimum atomic E-state index is -0.880. The van der Waals surface area contributed by atoms with E-state index in [-0.39, 0.29) is 12.5 Å². The molecule has 1 aliphatic rings. The summed E-state index contributed by atoms with van der Waals surface area (Å²) in [5, 5.41) is 9.06. The van der Waals surface area contributed by atoms with Crippen molar-refractivity contribution in [3.05, 3.63) is 23.3 Å². The van der Waals surface area contributed by atoms with Gasteiger partial charge in [0.2, 0.25) is 0 Å². The zero-order valence-corrected chi connectivity index (χ0v) is 15.3. The quantitative estimate of drug-likeness (QED) is 0.813. The number of piperazine rings is 1. The standard InChI is InChI=1S/C18H27N3O4/c1-12-13(10-16(22)23)9-14(19)11-15(12)20-5-7-21(8-6-20)17(24)25-18(2,3)4/h9,11H,5-8,10,19H2,1-4H3,(H,22,23). The van der Waals surface area contributed by atoms with Gasteiger partial charge in [-0.25, -0.2) is 4.79 Å². The molecule has 1 aromatic carbocycles. The van der Waals surface area contributed by atoms with E-state index in [9.17, 15) is 9.59 Å². The van der Waals surface area contributed by atoms with Gasteiger partial charge >= 0.3 is 12.1 Å². The summed E-state index contributed by atoms with van der Waals surface area (Å²) in [5.41, 5.74) is 8.56. The molecule has 0 radical (unpaired) electrons. The van der Waals surface area contributed by atoms with Crippen LogP contribution in [-0.4, -0.2) is 53.8 Å². The smallest absolute Gasteiger partial charge is 0.410 e. The molecule has 2 rings (SSSR count). The van der Waals surface area contributed by atoms with Crippen LogP contribution >= 0.6 is 0 Å². The normalized spacial score (nSPS) is 15.2. The van der Waals surface area contributed by atoms with Gasteiger partial charge in [-0.1, -0.05) is 0 Å². The van der Waals surface area contributed by atoms with E-state index in [1.807, 2.05) is 33.8 Å². The van der Waals surface area contributed by atoms with Gasteiger partial charge in [0.05, 0.1) is 6.42 Å². The number of carbonyl (C=O) groups excluding carboxylic acids is 1. The number of amides is 1. The number of nitrogens with zero attached hydrogens (tertiary/aromatic N) is 2. The van der Waals surface area contributed by atoms with E-state index in [2.05, 4.69) is 4.90 Å². The first-order valence-electron chi connectivity index (χ1n) is 8.40. The van der Waals surface area contributed by atoms with Gasteiger partial charge in [-0.2, -0.15) is 0 Å². The van der Waals surface area contributed by atoms with E-state index >= 15 is 0 Å². The third kappa shape index (κ3) is 5.01. The minimum absolute atomic E-state index is 0.0538. The lowest BCUT2D eigenvalue weighted by Crippen LogP contribution is -2.50. The molecule has 1 aliphatic heterocycles. The van der Waals surface area contributed by atoms with Gasteiger partial charge in [-0.3, -0.25) is 4.79 Å². The Morgan fingerprint density at radius 3 is 2.32 bits per heavy atom. The monoisotopic (exact) mass is 349 g/mol. The fourth-order valence-electron chi connectivity index (χ4n) is 2.91. The van der Waals surface area contributed by atoms with E-state index in [0.29, 0.717) is 31.9 Å². The van der Waals surface area contributed by atoms with Crippen LogP contribution in [0.15, 0.2) is 12.1 Å². The van der Waals surface area contributed by atoms with Crippen LogP contribution in [0.5, 0.6) is 0 Å². The van der Waals surface area contributed by atoms with Gasteiger partial charge in [0, 0.05) is 37.6 Å². The van der Waals surface area contributed by atoms with Crippen LogP contribution in [0.2, 0.25) is 0 Å². The second-order valence-electron chi connectivity index (χ2n) is 7.35. The highest BCUT2D eigenvalue weighted by Crippen LogP contribution is 2.28. The number of nitrogen functional groups attached to an aromatic ring is 1. The van der Waals surface area contributed by atoms with Crippen LogP contribution in [0.1, 0.15) is 31.9 Å². The van der Waals surface area contributed by atoms with Crippen molar-refractivity contribution in [1.29, 1.82) is 0 Å². The summed E-state index contributed by atoms with van der Waals surface area (Å²) >= 11 is 0. The summed E-state index contributed by atoms with van der Waals surface area (Å²) in [6.45, 7) is 9.86. The summed E-state index contributed by atoms with van der Waals surface area (Å²) in [7, 11) is 0. The van der Waals surface area contributed by atoms with Gasteiger partial charge in [0.25, 0.3) is 0 Å². The molecule has 7 heteroatoms. The van der Waals surface area contributed by atoms with Crippen LogP contribution < -0.4 is 10.6 Å². The molecule has 0 bridgehead atoms. The van der Waals surface area contributed by atoms with Crippen LogP contribution in [-0.2, 0) is 16.0 Å². The van der Waals surface area contributed by atoms with Gasteiger partial charge in [0.1, 0.15) is 5.60 Å². The maximum Gasteiger partial charge on any atom is 0.410 e. The van der Waals surface area contributed by atoms with Crippen LogP contribution in [0, 0.1) is 6.92 Å². The fourth-order valence-corrected chi connectivity index (χ4v) is 2.91. The number of aliphatic carboxylic acids is 1. The van der Waals surface area contributed by atoms with Gasteiger partial charge in [-0.15, -0.1) is 0 Å². The van der Waals surface area contributed by atoms with E-state index in [1.54, 1.807) is 11.0 Å². The second kappa shape index (κ2) is 7.21. The Bertz CT molecular complexity index is 659. The number of anilines is 2. The van der Waals surface area contributed by atoms with E-state index in [1.165, 1.54) is 0 Å². The molecule has 0 saturated carbocycles. The first-order valence-corrected chi connectivity index (χ1v) is 8.40.